The van der Waals surface area contributed by atoms with Crippen molar-refractivity contribution in [3.8, 4) is 5.75 Å². The first-order chi connectivity index (χ1) is 6.27. The van der Waals surface area contributed by atoms with Crippen LogP contribution < -0.4 is 4.74 Å². The molecule has 0 radical (unpaired) electrons. The Bertz CT molecular complexity index is 297. The molecule has 0 amide bonds. The smallest absolute Gasteiger partial charge is 0.120 e. The van der Waals surface area contributed by atoms with Crippen LogP contribution in [-0.2, 0) is 11.2 Å². The van der Waals surface area contributed by atoms with Crippen molar-refractivity contribution < 1.29 is 9.53 Å². The molecule has 2 nitrogen and oxygen atoms in total. The van der Waals surface area contributed by atoms with E-state index in [1.165, 1.54) is 0 Å². The van der Waals surface area contributed by atoms with Gasteiger partial charge in [-0.1, -0.05) is 15.9 Å². The van der Waals surface area contributed by atoms with Crippen molar-refractivity contribution in [1.29, 1.82) is 0 Å². The Kier molecular flexibility index (Phi) is 3.96. The van der Waals surface area contributed by atoms with Crippen LogP contribution in [0.25, 0.3) is 0 Å². The van der Waals surface area contributed by atoms with Crippen molar-refractivity contribution in [2.24, 2.45) is 0 Å². The standard InChI is InChI=1S/C10H11BrO2/c1-13-9-4-5-10(11)8(7-9)3-2-6-12/h4-7H,2-3H2,1H3. The van der Waals surface area contributed by atoms with Crippen LogP contribution in [0, 0.1) is 0 Å². The first kappa shape index (κ1) is 10.3. The average molecular weight is 243 g/mol. The highest BCUT2D eigenvalue weighted by atomic mass is 79.9. The molecule has 0 heterocycles. The van der Waals surface area contributed by atoms with Gasteiger partial charge < -0.3 is 9.53 Å². The molecular weight excluding hydrogens is 232 g/mol. The molecule has 0 aliphatic heterocycles. The SMILES string of the molecule is COc1ccc(Br)c(CCC=O)c1. The molecule has 0 aliphatic carbocycles. The number of rotatable bonds is 4. The topological polar surface area (TPSA) is 26.3 Å². The molecule has 0 N–H and O–H groups in total. The van der Waals surface area contributed by atoms with Crippen LogP contribution in [0.2, 0.25) is 0 Å². The molecule has 0 saturated heterocycles. The van der Waals surface area contributed by atoms with Crippen molar-refractivity contribution >= 4 is 22.2 Å². The molecular formula is C10H11BrO2. The van der Waals surface area contributed by atoms with E-state index in [2.05, 4.69) is 15.9 Å². The number of methoxy groups -OCH3 is 1. The summed E-state index contributed by atoms with van der Waals surface area (Å²) in [7, 11) is 1.63. The number of aldehydes is 1. The second-order valence-electron chi connectivity index (χ2n) is 2.66. The van der Waals surface area contributed by atoms with Crippen LogP contribution >= 0.6 is 15.9 Å². The summed E-state index contributed by atoms with van der Waals surface area (Å²) in [5, 5.41) is 0. The van der Waals surface area contributed by atoms with Gasteiger partial charge in [0, 0.05) is 10.9 Å². The van der Waals surface area contributed by atoms with Crippen LogP contribution in [0.3, 0.4) is 0 Å². The zero-order valence-electron chi connectivity index (χ0n) is 7.42. The fourth-order valence-corrected chi connectivity index (χ4v) is 1.53. The van der Waals surface area contributed by atoms with E-state index in [4.69, 9.17) is 4.74 Å². The fraction of sp³-hybridized carbons (Fsp3) is 0.300. The summed E-state index contributed by atoms with van der Waals surface area (Å²) in [6, 6.07) is 5.75. The first-order valence-corrected chi connectivity index (χ1v) is 4.83. The Balaban J connectivity index is 2.83. The largest absolute Gasteiger partial charge is 0.497 e. The van der Waals surface area contributed by atoms with Crippen LogP contribution in [-0.4, -0.2) is 13.4 Å². The molecule has 1 aromatic rings. The Labute approximate surface area is 86.0 Å². The van der Waals surface area contributed by atoms with Gasteiger partial charge in [0.15, 0.2) is 0 Å². The number of benzene rings is 1. The van der Waals surface area contributed by atoms with E-state index in [1.807, 2.05) is 18.2 Å². The molecule has 0 fully saturated rings. The van der Waals surface area contributed by atoms with Crippen LogP contribution in [0.4, 0.5) is 0 Å². The summed E-state index contributed by atoms with van der Waals surface area (Å²) in [6.45, 7) is 0. The van der Waals surface area contributed by atoms with E-state index in [0.29, 0.717) is 6.42 Å². The van der Waals surface area contributed by atoms with Gasteiger partial charge in [0.05, 0.1) is 7.11 Å². The molecule has 3 heteroatoms. The fourth-order valence-electron chi connectivity index (χ4n) is 1.08. The highest BCUT2D eigenvalue weighted by Crippen LogP contribution is 2.23. The molecule has 0 bridgehead atoms. The predicted molar refractivity (Wildman–Crippen MR) is 55.1 cm³/mol. The van der Waals surface area contributed by atoms with Crippen LogP contribution in [0.1, 0.15) is 12.0 Å². The number of aryl methyl sites for hydroxylation is 1. The van der Waals surface area contributed by atoms with Gasteiger partial charge in [-0.3, -0.25) is 0 Å². The monoisotopic (exact) mass is 242 g/mol. The molecule has 0 spiro atoms. The third-order valence-corrected chi connectivity index (χ3v) is 2.56. The number of hydrogen-bond acceptors (Lipinski definition) is 2. The minimum absolute atomic E-state index is 0.547. The minimum Gasteiger partial charge on any atom is -0.497 e. The maximum absolute atomic E-state index is 10.2. The van der Waals surface area contributed by atoms with E-state index < -0.39 is 0 Å². The van der Waals surface area contributed by atoms with Gasteiger partial charge in [-0.15, -0.1) is 0 Å². The van der Waals surface area contributed by atoms with E-state index in [0.717, 1.165) is 28.5 Å². The molecule has 0 aliphatic rings. The highest BCUT2D eigenvalue weighted by molar-refractivity contribution is 9.10. The number of carbonyl (C=O) groups is 1. The number of hydrogen-bond donors (Lipinski definition) is 0. The van der Waals surface area contributed by atoms with Gasteiger partial charge in [0.1, 0.15) is 12.0 Å². The lowest BCUT2D eigenvalue weighted by atomic mass is 10.1. The summed E-state index contributed by atoms with van der Waals surface area (Å²) in [4.78, 5) is 10.2. The third kappa shape index (κ3) is 2.84. The van der Waals surface area contributed by atoms with Gasteiger partial charge in [-0.25, -0.2) is 0 Å². The molecule has 70 valence electrons. The number of carbonyl (C=O) groups excluding carboxylic acids is 1. The normalized spacial score (nSPS) is 9.69. The molecule has 0 saturated carbocycles. The minimum atomic E-state index is 0.547. The zero-order valence-corrected chi connectivity index (χ0v) is 9.00. The van der Waals surface area contributed by atoms with Crippen molar-refractivity contribution in [3.63, 3.8) is 0 Å². The molecule has 13 heavy (non-hydrogen) atoms. The van der Waals surface area contributed by atoms with E-state index in [-0.39, 0.29) is 0 Å². The lowest BCUT2D eigenvalue weighted by molar-refractivity contribution is -0.107. The maximum atomic E-state index is 10.2. The van der Waals surface area contributed by atoms with Gasteiger partial charge >= 0.3 is 0 Å². The lowest BCUT2D eigenvalue weighted by Crippen LogP contribution is -1.90. The summed E-state index contributed by atoms with van der Waals surface area (Å²) in [6.07, 6.45) is 2.22. The molecule has 1 aromatic carbocycles. The Morgan fingerprint density at radius 3 is 2.92 bits per heavy atom. The van der Waals surface area contributed by atoms with Gasteiger partial charge in [-0.05, 0) is 30.2 Å². The molecule has 0 aromatic heterocycles. The quantitative estimate of drug-likeness (QED) is 0.759. The van der Waals surface area contributed by atoms with Gasteiger partial charge in [-0.2, -0.15) is 0 Å². The van der Waals surface area contributed by atoms with Crippen molar-refractivity contribution in [3.05, 3.63) is 28.2 Å². The second kappa shape index (κ2) is 5.02. The lowest BCUT2D eigenvalue weighted by Gasteiger charge is -2.05. The Morgan fingerprint density at radius 2 is 2.31 bits per heavy atom. The second-order valence-corrected chi connectivity index (χ2v) is 3.52. The van der Waals surface area contributed by atoms with Crippen LogP contribution in [0.5, 0.6) is 5.75 Å². The van der Waals surface area contributed by atoms with Crippen molar-refractivity contribution in [1.82, 2.24) is 0 Å². The van der Waals surface area contributed by atoms with Gasteiger partial charge in [0.25, 0.3) is 0 Å². The highest BCUT2D eigenvalue weighted by Gasteiger charge is 2.01. The zero-order chi connectivity index (χ0) is 9.68. The number of halogens is 1. The first-order valence-electron chi connectivity index (χ1n) is 4.04. The van der Waals surface area contributed by atoms with E-state index in [1.54, 1.807) is 7.11 Å². The predicted octanol–water partition coefficient (Wildman–Crippen LogP) is 2.59. The molecule has 0 unspecified atom stereocenters. The van der Waals surface area contributed by atoms with Crippen LogP contribution in [0.15, 0.2) is 22.7 Å². The van der Waals surface area contributed by atoms with Crippen molar-refractivity contribution in [2.75, 3.05) is 7.11 Å². The van der Waals surface area contributed by atoms with Gasteiger partial charge in [0.2, 0.25) is 0 Å². The molecule has 0 atom stereocenters. The third-order valence-electron chi connectivity index (χ3n) is 1.78. The van der Waals surface area contributed by atoms with E-state index in [9.17, 15) is 4.79 Å². The summed E-state index contributed by atoms with van der Waals surface area (Å²) >= 11 is 3.42. The summed E-state index contributed by atoms with van der Waals surface area (Å²) in [5.41, 5.74) is 1.10. The Morgan fingerprint density at radius 1 is 1.54 bits per heavy atom. The summed E-state index contributed by atoms with van der Waals surface area (Å²) in [5.74, 6) is 0.823. The maximum Gasteiger partial charge on any atom is 0.120 e. The van der Waals surface area contributed by atoms with E-state index >= 15 is 0 Å². The average Bonchev–Trinajstić information content (AvgIpc) is 2.17. The van der Waals surface area contributed by atoms with Crippen molar-refractivity contribution in [2.45, 2.75) is 12.8 Å². The summed E-state index contributed by atoms with van der Waals surface area (Å²) < 4.78 is 6.10. The number of ether oxygens (including phenoxy) is 1. The molecule has 1 rings (SSSR count). The Hall–Kier alpha value is -0.830.